The summed E-state index contributed by atoms with van der Waals surface area (Å²) in [6, 6.07) is 11.9. The van der Waals surface area contributed by atoms with Gasteiger partial charge in [-0.1, -0.05) is 65.8 Å². The second kappa shape index (κ2) is 13.8. The normalized spacial score (nSPS) is 19.2. The quantitative estimate of drug-likeness (QED) is 0.163. The van der Waals surface area contributed by atoms with E-state index in [0.717, 1.165) is 18.9 Å². The Morgan fingerprint density at radius 2 is 1.78 bits per heavy atom. The highest BCUT2D eigenvalue weighted by Crippen LogP contribution is 2.37. The van der Waals surface area contributed by atoms with Crippen molar-refractivity contribution in [1.29, 1.82) is 0 Å². The molecule has 6 rings (SSSR count). The molecule has 51 heavy (non-hydrogen) atoms. The molecule has 1 saturated heterocycles. The smallest absolute Gasteiger partial charge is 0.321 e. The molecular formula is C37H45N9O5. The third kappa shape index (κ3) is 7.61. The van der Waals surface area contributed by atoms with E-state index in [2.05, 4.69) is 61.8 Å². The van der Waals surface area contributed by atoms with Crippen LogP contribution >= 0.6 is 0 Å². The highest BCUT2D eigenvalue weighted by atomic mass is 16.5. The van der Waals surface area contributed by atoms with Crippen molar-refractivity contribution >= 4 is 29.7 Å². The van der Waals surface area contributed by atoms with E-state index in [1.54, 1.807) is 37.5 Å². The van der Waals surface area contributed by atoms with Crippen molar-refractivity contribution < 1.29 is 23.9 Å². The van der Waals surface area contributed by atoms with Gasteiger partial charge < -0.3 is 20.1 Å². The minimum absolute atomic E-state index is 0.0663. The number of benzene rings is 1. The van der Waals surface area contributed by atoms with Crippen LogP contribution in [0.4, 0.5) is 10.6 Å². The predicted octanol–water partition coefficient (Wildman–Crippen LogP) is 4.08. The number of likely N-dealkylation sites (tertiary alicyclic amines) is 1. The summed E-state index contributed by atoms with van der Waals surface area (Å²) in [6.45, 7) is 14.8. The molecule has 1 fully saturated rings. The molecule has 14 nitrogen and oxygen atoms in total. The van der Waals surface area contributed by atoms with Crippen molar-refractivity contribution in [2.24, 2.45) is 0 Å². The van der Waals surface area contributed by atoms with Crippen LogP contribution in [-0.2, 0) is 25.9 Å². The van der Waals surface area contributed by atoms with Gasteiger partial charge in [-0.25, -0.2) is 14.8 Å². The number of anilines is 1. The van der Waals surface area contributed by atoms with Gasteiger partial charge in [-0.15, -0.1) is 10.2 Å². The van der Waals surface area contributed by atoms with Crippen molar-refractivity contribution in [1.82, 2.24) is 40.1 Å². The number of fused-ring (bicyclic) bond motifs is 2. The Hall–Kier alpha value is -5.21. The molecule has 2 atom stereocenters. The molecule has 1 aliphatic carbocycles. The van der Waals surface area contributed by atoms with Crippen LogP contribution in [0.2, 0.25) is 0 Å². The number of rotatable bonds is 10. The Morgan fingerprint density at radius 3 is 2.49 bits per heavy atom. The second-order valence-corrected chi connectivity index (χ2v) is 15.0. The van der Waals surface area contributed by atoms with Gasteiger partial charge >= 0.3 is 6.03 Å². The largest absolute Gasteiger partial charge is 0.480 e. The molecule has 1 aromatic carbocycles. The lowest BCUT2D eigenvalue weighted by Gasteiger charge is -2.38. The summed E-state index contributed by atoms with van der Waals surface area (Å²) in [7, 11) is 1.69. The van der Waals surface area contributed by atoms with E-state index in [1.807, 2.05) is 55.6 Å². The predicted molar refractivity (Wildman–Crippen MR) is 191 cm³/mol. The van der Waals surface area contributed by atoms with Gasteiger partial charge in [-0.05, 0) is 29.8 Å². The first-order valence-electron chi connectivity index (χ1n) is 17.0. The minimum atomic E-state index is -1.50. The zero-order chi connectivity index (χ0) is 36.6. The summed E-state index contributed by atoms with van der Waals surface area (Å²) in [5.41, 5.74) is 0.348. The highest BCUT2D eigenvalue weighted by Gasteiger charge is 2.39. The van der Waals surface area contributed by atoms with E-state index in [9.17, 15) is 14.4 Å². The lowest BCUT2D eigenvalue weighted by atomic mass is 9.81. The van der Waals surface area contributed by atoms with Crippen LogP contribution in [0.3, 0.4) is 0 Å². The number of methoxy groups -OCH3 is 1. The molecule has 0 radical (unpaired) electrons. The number of ether oxygens (including phenoxy) is 2. The Morgan fingerprint density at radius 1 is 1.02 bits per heavy atom. The average Bonchev–Trinajstić information content (AvgIpc) is 3.50. The monoisotopic (exact) mass is 695 g/mol. The maximum absolute atomic E-state index is 13.6. The number of nitrogens with zero attached hydrogens (tertiary/aromatic N) is 6. The lowest BCUT2D eigenvalue weighted by molar-refractivity contribution is -0.111. The Bertz CT molecular complexity index is 1970. The Labute approximate surface area is 297 Å². The molecule has 3 amide bonds. The number of carbonyl (C=O) groups excluding carboxylic acids is 3. The number of hydrogen-bond acceptors (Lipinski definition) is 10. The zero-order valence-electron chi connectivity index (χ0n) is 30.1. The lowest BCUT2D eigenvalue weighted by Crippen LogP contribution is -2.53. The van der Waals surface area contributed by atoms with E-state index in [1.165, 1.54) is 0 Å². The fraction of sp³-hybridized carbons (Fsp3) is 0.432. The number of aldehydes is 1. The minimum Gasteiger partial charge on any atom is -0.480 e. The van der Waals surface area contributed by atoms with Crippen LogP contribution < -0.4 is 20.7 Å². The number of pyridine rings is 1. The third-order valence-corrected chi connectivity index (χ3v) is 8.97. The van der Waals surface area contributed by atoms with Gasteiger partial charge in [0.25, 0.3) is 5.91 Å². The molecular weight excluding hydrogens is 650 g/mol. The molecule has 4 heterocycles. The summed E-state index contributed by atoms with van der Waals surface area (Å²) in [6.07, 6.45) is 5.58. The zero-order valence-corrected chi connectivity index (χ0v) is 30.1. The summed E-state index contributed by atoms with van der Waals surface area (Å²) in [4.78, 5) is 50.6. The number of hydrogen-bond donors (Lipinski definition) is 3. The molecule has 2 aliphatic rings. The molecule has 14 heteroatoms. The maximum atomic E-state index is 13.6. The van der Waals surface area contributed by atoms with E-state index in [-0.39, 0.29) is 23.2 Å². The number of carbonyl (C=O) groups is 3. The van der Waals surface area contributed by atoms with E-state index >= 15 is 0 Å². The van der Waals surface area contributed by atoms with Gasteiger partial charge in [0.1, 0.15) is 29.0 Å². The SMILES string of the molecule is COC1CN(CCNC(=O)c2nc(NC(=O)N[C@@]3(C=O)C=C[C@@H](Oc4ccc5nnc(C(C)(C)C)n5c4)c4ccccc43)cc(C(C)(C)C)n2)C1. The van der Waals surface area contributed by atoms with Crippen LogP contribution in [0.25, 0.3) is 5.65 Å². The van der Waals surface area contributed by atoms with Crippen molar-refractivity contribution in [3.8, 4) is 5.75 Å². The molecule has 0 saturated carbocycles. The molecule has 3 N–H and O–H groups in total. The van der Waals surface area contributed by atoms with Gasteiger partial charge in [-0.2, -0.15) is 0 Å². The summed E-state index contributed by atoms with van der Waals surface area (Å²) in [5, 5.41) is 17.1. The van der Waals surface area contributed by atoms with Gasteiger partial charge in [0.05, 0.1) is 18.0 Å². The van der Waals surface area contributed by atoms with Gasteiger partial charge in [0, 0.05) is 55.7 Å². The second-order valence-electron chi connectivity index (χ2n) is 15.0. The summed E-state index contributed by atoms with van der Waals surface area (Å²) >= 11 is 0. The van der Waals surface area contributed by atoms with E-state index < -0.39 is 29.0 Å². The van der Waals surface area contributed by atoms with Gasteiger partial charge in [-0.3, -0.25) is 24.2 Å². The standard InChI is InChI=1S/C37H45N9O5/c1-35(2,3)28-18-29(40-31(39-28)32(48)38-16-17-45-19-24(20-45)50-7)41-34(49)42-37(22-47)15-14-27(25-10-8-9-11-26(25)37)51-23-12-13-30-43-44-33(36(4,5)6)46(30)21-23/h8-15,18,21-22,24,27H,16-17,19-20H2,1-7H3,(H,38,48)(H2,39,40,41,42,49)/t27-,37-/m1/s1. The average molecular weight is 696 g/mol. The van der Waals surface area contributed by atoms with Crippen molar-refractivity contribution in [2.75, 3.05) is 38.6 Å². The number of aromatic nitrogens is 5. The van der Waals surface area contributed by atoms with Crippen LogP contribution in [-0.4, -0.2) is 87.1 Å². The fourth-order valence-corrected chi connectivity index (χ4v) is 6.09. The molecule has 0 spiro atoms. The van der Waals surface area contributed by atoms with Gasteiger partial charge in [0.2, 0.25) is 5.82 Å². The topological polar surface area (TPSA) is 165 Å². The summed E-state index contributed by atoms with van der Waals surface area (Å²) in [5.74, 6) is 0.985. The first-order chi connectivity index (χ1) is 24.2. The van der Waals surface area contributed by atoms with E-state index in [4.69, 9.17) is 9.47 Å². The Balaban J connectivity index is 1.19. The number of urea groups is 1. The molecule has 0 unspecified atom stereocenters. The highest BCUT2D eigenvalue weighted by molar-refractivity contribution is 5.94. The number of amides is 3. The maximum Gasteiger partial charge on any atom is 0.321 e. The van der Waals surface area contributed by atoms with Crippen molar-refractivity contribution in [3.05, 3.63) is 89.3 Å². The van der Waals surface area contributed by atoms with Crippen LogP contribution in [0.15, 0.2) is 60.8 Å². The molecule has 3 aromatic heterocycles. The molecule has 4 aromatic rings. The Kier molecular flexibility index (Phi) is 9.66. The van der Waals surface area contributed by atoms with Crippen molar-refractivity contribution in [3.63, 3.8) is 0 Å². The first-order valence-corrected chi connectivity index (χ1v) is 17.0. The fourth-order valence-electron chi connectivity index (χ4n) is 6.09. The van der Waals surface area contributed by atoms with E-state index in [0.29, 0.717) is 47.6 Å². The van der Waals surface area contributed by atoms with Gasteiger partial charge in [0.15, 0.2) is 11.9 Å². The third-order valence-electron chi connectivity index (χ3n) is 8.97. The summed E-state index contributed by atoms with van der Waals surface area (Å²) < 4.78 is 13.7. The number of nitrogens with one attached hydrogen (secondary N) is 3. The molecule has 0 bridgehead atoms. The van der Waals surface area contributed by atoms with Crippen molar-refractivity contribution in [2.45, 2.75) is 70.1 Å². The van der Waals surface area contributed by atoms with Crippen LogP contribution in [0, 0.1) is 0 Å². The molecule has 1 aliphatic heterocycles. The van der Waals surface area contributed by atoms with Crippen LogP contribution in [0.1, 0.15) is 80.9 Å². The first kappa shape index (κ1) is 35.6. The molecule has 268 valence electrons. The van der Waals surface area contributed by atoms with Crippen LogP contribution in [0.5, 0.6) is 5.75 Å².